The molecule has 6 rings (SSSR count). The van der Waals surface area contributed by atoms with E-state index < -0.39 is 53.7 Å². The molecule has 2 aliphatic heterocycles. The minimum absolute atomic E-state index is 0.0463. The Morgan fingerprint density at radius 1 is 1.03 bits per heavy atom. The van der Waals surface area contributed by atoms with E-state index in [0.717, 1.165) is 5.57 Å². The summed E-state index contributed by atoms with van der Waals surface area (Å²) in [7, 11) is 1.56. The molecule has 8 heteroatoms. The second kappa shape index (κ2) is 8.42. The Bertz CT molecular complexity index is 979. The number of aliphatic hydroxyl groups excluding tert-OH is 2. The number of ketones is 2. The molecule has 4 aliphatic carbocycles. The van der Waals surface area contributed by atoms with Crippen LogP contribution in [0.5, 0.6) is 0 Å². The number of aliphatic hydroxyl groups is 2. The van der Waals surface area contributed by atoms with Crippen molar-refractivity contribution in [3.8, 4) is 0 Å². The molecule has 2 saturated heterocycles. The minimum Gasteiger partial charge on any atom is -0.390 e. The first-order chi connectivity index (χ1) is 17.0. The quantitative estimate of drug-likeness (QED) is 0.563. The molecule has 14 atom stereocenters. The van der Waals surface area contributed by atoms with Gasteiger partial charge >= 0.3 is 0 Å². The van der Waals surface area contributed by atoms with Gasteiger partial charge in [-0.2, -0.15) is 0 Å². The molecule has 0 amide bonds. The largest absolute Gasteiger partial charge is 0.390 e. The summed E-state index contributed by atoms with van der Waals surface area (Å²) in [6.07, 6.45) is 0.620. The smallest absolute Gasteiger partial charge is 0.166 e. The van der Waals surface area contributed by atoms with Crippen molar-refractivity contribution in [2.45, 2.75) is 109 Å². The van der Waals surface area contributed by atoms with E-state index in [1.807, 2.05) is 6.92 Å². The van der Waals surface area contributed by atoms with Crippen molar-refractivity contribution in [1.29, 1.82) is 0 Å². The summed E-state index contributed by atoms with van der Waals surface area (Å²) in [5, 5.41) is 21.6. The lowest BCUT2D eigenvalue weighted by Gasteiger charge is -2.57. The van der Waals surface area contributed by atoms with E-state index in [4.69, 9.17) is 18.9 Å². The van der Waals surface area contributed by atoms with Gasteiger partial charge in [0.1, 0.15) is 18.0 Å². The number of hydrogen-bond donors (Lipinski definition) is 2. The number of ether oxygens (including phenoxy) is 4. The molecule has 200 valence electrons. The van der Waals surface area contributed by atoms with Gasteiger partial charge in [-0.1, -0.05) is 25.5 Å². The third-order valence-corrected chi connectivity index (χ3v) is 11.0. The van der Waals surface area contributed by atoms with E-state index in [1.54, 1.807) is 14.0 Å². The fraction of sp³-hybridized carbons (Fsp3) is 0.857. The van der Waals surface area contributed by atoms with Gasteiger partial charge in [0, 0.05) is 48.5 Å². The highest BCUT2D eigenvalue weighted by Crippen LogP contribution is 2.67. The van der Waals surface area contributed by atoms with Crippen LogP contribution in [-0.2, 0) is 28.5 Å². The second-order valence-corrected chi connectivity index (χ2v) is 12.7. The lowest BCUT2D eigenvalue weighted by molar-refractivity contribution is -0.275. The summed E-state index contributed by atoms with van der Waals surface area (Å²) in [5.41, 5.74) is 0.156. The van der Waals surface area contributed by atoms with E-state index in [1.165, 1.54) is 0 Å². The Hall–Kier alpha value is -1.16. The molecule has 3 saturated carbocycles. The zero-order chi connectivity index (χ0) is 25.7. The maximum absolute atomic E-state index is 14.1. The molecule has 0 aromatic rings. The van der Waals surface area contributed by atoms with Gasteiger partial charge in [0.2, 0.25) is 0 Å². The zero-order valence-corrected chi connectivity index (χ0v) is 21.9. The maximum Gasteiger partial charge on any atom is 0.166 e. The van der Waals surface area contributed by atoms with E-state index in [2.05, 4.69) is 19.9 Å². The lowest BCUT2D eigenvalue weighted by Crippen LogP contribution is -2.62. The summed E-state index contributed by atoms with van der Waals surface area (Å²) in [4.78, 5) is 27.4. The number of methoxy groups -OCH3 is 1. The molecule has 1 unspecified atom stereocenters. The average Bonchev–Trinajstić information content (AvgIpc) is 3.23. The van der Waals surface area contributed by atoms with Crippen LogP contribution in [0.2, 0.25) is 0 Å². The first kappa shape index (κ1) is 25.1. The van der Waals surface area contributed by atoms with Crippen LogP contribution in [0.25, 0.3) is 0 Å². The molecule has 0 aromatic carbocycles. The molecule has 6 aliphatic rings. The number of hydrogen-bond acceptors (Lipinski definition) is 8. The topological polar surface area (TPSA) is 112 Å². The molecule has 2 N–H and O–H groups in total. The van der Waals surface area contributed by atoms with Crippen molar-refractivity contribution in [2.75, 3.05) is 7.11 Å². The third-order valence-electron chi connectivity index (χ3n) is 11.0. The highest BCUT2D eigenvalue weighted by atomic mass is 16.7. The van der Waals surface area contributed by atoms with E-state index in [0.29, 0.717) is 32.1 Å². The number of rotatable bonds is 3. The molecular weight excluding hydrogens is 464 g/mol. The molecule has 8 nitrogen and oxygen atoms in total. The molecule has 5 fully saturated rings. The van der Waals surface area contributed by atoms with Gasteiger partial charge in [0.25, 0.3) is 0 Å². The van der Waals surface area contributed by atoms with Crippen molar-refractivity contribution < 1.29 is 38.7 Å². The first-order valence-electron chi connectivity index (χ1n) is 13.6. The fourth-order valence-electron chi connectivity index (χ4n) is 9.19. The van der Waals surface area contributed by atoms with Crippen LogP contribution >= 0.6 is 0 Å². The van der Waals surface area contributed by atoms with Gasteiger partial charge < -0.3 is 29.2 Å². The van der Waals surface area contributed by atoms with Crippen LogP contribution in [-0.4, -0.2) is 77.9 Å². The van der Waals surface area contributed by atoms with E-state index >= 15 is 0 Å². The van der Waals surface area contributed by atoms with Crippen LogP contribution in [0.3, 0.4) is 0 Å². The SMILES string of the molecule is CO[C@@H]1C[C@H](O[C@@H]2CC3=CC[C@H]4[C@H]5C(=O)C[C@H]6C(C)O[C@@H](C(=O)[C@@H]4[C@@]3(C)C[C@@H]2O)[C@@]56C)O[C@H](C)[C@@H]1O. The first-order valence-corrected chi connectivity index (χ1v) is 13.6. The van der Waals surface area contributed by atoms with E-state index in [9.17, 15) is 19.8 Å². The van der Waals surface area contributed by atoms with Crippen molar-refractivity contribution in [1.82, 2.24) is 0 Å². The van der Waals surface area contributed by atoms with Gasteiger partial charge in [-0.25, -0.2) is 0 Å². The van der Waals surface area contributed by atoms with Gasteiger partial charge in [0.15, 0.2) is 12.1 Å². The number of carbonyl (C=O) groups is 2. The fourth-order valence-corrected chi connectivity index (χ4v) is 9.19. The summed E-state index contributed by atoms with van der Waals surface area (Å²) in [6, 6.07) is 0. The molecule has 0 radical (unpaired) electrons. The Labute approximate surface area is 212 Å². The average molecular weight is 505 g/mol. The predicted octanol–water partition coefficient (Wildman–Crippen LogP) is 2.19. The standard InChI is InChI=1S/C28H40O8/c1-12-16-9-17(29)22-15-7-6-14-8-19(36-21-10-20(33-5)24(31)13(2)34-21)18(30)11-27(14,3)23(15)25(32)26(35-12)28(16,22)4/h6,12-13,15-16,18-24,26,30-31H,7-11H2,1-5H3/t12?,13-,15+,16+,18+,19-,20-,21+,22+,23-,24+,26+,27+,28-/m1/s1. The summed E-state index contributed by atoms with van der Waals surface area (Å²) >= 11 is 0. The lowest BCUT2D eigenvalue weighted by atomic mass is 9.46. The summed E-state index contributed by atoms with van der Waals surface area (Å²) in [5.74, 6) is -0.0656. The van der Waals surface area contributed by atoms with Crippen LogP contribution in [0.15, 0.2) is 11.6 Å². The monoisotopic (exact) mass is 504 g/mol. The number of fused-ring (bicyclic) bond motifs is 4. The number of carbonyl (C=O) groups excluding carboxylic acids is 2. The van der Waals surface area contributed by atoms with Gasteiger partial charge in [-0.3, -0.25) is 9.59 Å². The van der Waals surface area contributed by atoms with Crippen LogP contribution < -0.4 is 0 Å². The predicted molar refractivity (Wildman–Crippen MR) is 128 cm³/mol. The van der Waals surface area contributed by atoms with Crippen molar-refractivity contribution >= 4 is 11.6 Å². The van der Waals surface area contributed by atoms with Crippen LogP contribution in [0.1, 0.15) is 59.8 Å². The zero-order valence-electron chi connectivity index (χ0n) is 21.9. The van der Waals surface area contributed by atoms with Gasteiger partial charge in [0.05, 0.1) is 30.5 Å². The van der Waals surface area contributed by atoms with Crippen molar-refractivity contribution in [3.63, 3.8) is 0 Å². The Morgan fingerprint density at radius 2 is 1.78 bits per heavy atom. The summed E-state index contributed by atoms with van der Waals surface area (Å²) in [6.45, 7) is 7.97. The molecule has 2 heterocycles. The number of allylic oxidation sites excluding steroid dienone is 1. The molecule has 36 heavy (non-hydrogen) atoms. The molecular formula is C28H40O8. The Kier molecular flexibility index (Phi) is 5.88. The Balaban J connectivity index is 1.26. The molecule has 0 aromatic heterocycles. The highest BCUT2D eigenvalue weighted by molar-refractivity contribution is 5.96. The number of Topliss-reactive ketones (excluding diaryl/α,β-unsaturated/α-hetero) is 2. The van der Waals surface area contributed by atoms with Crippen molar-refractivity contribution in [2.24, 2.45) is 34.5 Å². The van der Waals surface area contributed by atoms with Crippen molar-refractivity contribution in [3.05, 3.63) is 11.6 Å². The summed E-state index contributed by atoms with van der Waals surface area (Å²) < 4.78 is 23.8. The van der Waals surface area contributed by atoms with E-state index in [-0.39, 0.29) is 41.3 Å². The van der Waals surface area contributed by atoms with Gasteiger partial charge in [-0.05, 0) is 39.0 Å². The van der Waals surface area contributed by atoms with Crippen LogP contribution in [0, 0.1) is 34.5 Å². The van der Waals surface area contributed by atoms with Crippen LogP contribution in [0.4, 0.5) is 0 Å². The molecule has 0 bridgehead atoms. The minimum atomic E-state index is -0.783. The third kappa shape index (κ3) is 3.27. The maximum atomic E-state index is 14.1. The second-order valence-electron chi connectivity index (χ2n) is 12.7. The Morgan fingerprint density at radius 3 is 2.50 bits per heavy atom. The van der Waals surface area contributed by atoms with Gasteiger partial charge in [-0.15, -0.1) is 0 Å². The molecule has 0 spiro atoms. The normalized spacial score (nSPS) is 56.1. The highest BCUT2D eigenvalue weighted by Gasteiger charge is 2.72.